The van der Waals surface area contributed by atoms with E-state index >= 15 is 0 Å². The first-order valence-electron chi connectivity index (χ1n) is 6.91. The molecular formula is C16H29NO. The van der Waals surface area contributed by atoms with Crippen molar-refractivity contribution in [3.8, 4) is 0 Å². The summed E-state index contributed by atoms with van der Waals surface area (Å²) in [6, 6.07) is 0. The van der Waals surface area contributed by atoms with E-state index in [0.717, 1.165) is 5.57 Å². The van der Waals surface area contributed by atoms with E-state index in [9.17, 15) is 0 Å². The zero-order valence-corrected chi connectivity index (χ0v) is 13.0. The second-order valence-electron chi connectivity index (χ2n) is 6.93. The van der Waals surface area contributed by atoms with Crippen LogP contribution in [0.2, 0.25) is 0 Å². The number of piperidine rings is 1. The molecule has 0 radical (unpaired) electrons. The molecule has 104 valence electrons. The van der Waals surface area contributed by atoms with Gasteiger partial charge in [0.15, 0.2) is 0 Å². The molecule has 0 aromatic heterocycles. The largest absolute Gasteiger partial charge is 0.293 e. The van der Waals surface area contributed by atoms with Gasteiger partial charge in [-0.1, -0.05) is 18.2 Å². The van der Waals surface area contributed by atoms with Crippen molar-refractivity contribution < 1.29 is 4.84 Å². The van der Waals surface area contributed by atoms with E-state index in [-0.39, 0.29) is 11.1 Å². The number of hydrogen-bond acceptors (Lipinski definition) is 2. The maximum atomic E-state index is 6.07. The van der Waals surface area contributed by atoms with Crippen LogP contribution in [0.4, 0.5) is 0 Å². The van der Waals surface area contributed by atoms with Gasteiger partial charge in [0, 0.05) is 11.1 Å². The molecule has 1 aliphatic heterocycles. The molecule has 1 aliphatic rings. The van der Waals surface area contributed by atoms with Crippen molar-refractivity contribution in [2.75, 3.05) is 6.61 Å². The monoisotopic (exact) mass is 251 g/mol. The number of rotatable bonds is 4. The molecule has 0 N–H and O–H groups in total. The lowest BCUT2D eigenvalue weighted by molar-refractivity contribution is -0.275. The van der Waals surface area contributed by atoms with Gasteiger partial charge in [-0.2, -0.15) is 5.06 Å². The van der Waals surface area contributed by atoms with E-state index in [4.69, 9.17) is 4.84 Å². The Morgan fingerprint density at radius 3 is 2.11 bits per heavy atom. The molecule has 0 atom stereocenters. The van der Waals surface area contributed by atoms with Gasteiger partial charge in [0.2, 0.25) is 0 Å². The van der Waals surface area contributed by atoms with Gasteiger partial charge in [0.1, 0.15) is 0 Å². The van der Waals surface area contributed by atoms with Crippen molar-refractivity contribution in [3.63, 3.8) is 0 Å². The lowest BCUT2D eigenvalue weighted by Gasteiger charge is -2.51. The van der Waals surface area contributed by atoms with Gasteiger partial charge in [-0.3, -0.25) is 4.84 Å². The fraction of sp³-hybridized carbons (Fsp3) is 0.750. The zero-order valence-electron chi connectivity index (χ0n) is 13.0. The van der Waals surface area contributed by atoms with E-state index in [1.54, 1.807) is 0 Å². The van der Waals surface area contributed by atoms with E-state index in [1.807, 2.05) is 0 Å². The predicted molar refractivity (Wildman–Crippen MR) is 78.4 cm³/mol. The highest BCUT2D eigenvalue weighted by atomic mass is 16.7. The van der Waals surface area contributed by atoms with Gasteiger partial charge in [0.05, 0.1) is 6.61 Å². The number of hydroxylamine groups is 2. The van der Waals surface area contributed by atoms with E-state index in [2.05, 4.69) is 59.3 Å². The zero-order chi connectivity index (χ0) is 14.0. The van der Waals surface area contributed by atoms with Crippen LogP contribution in [0.15, 0.2) is 23.8 Å². The predicted octanol–water partition coefficient (Wildman–Crippen LogP) is 4.48. The summed E-state index contributed by atoms with van der Waals surface area (Å²) in [6.07, 6.45) is 5.73. The summed E-state index contributed by atoms with van der Waals surface area (Å²) in [5.41, 5.74) is 2.51. The first kappa shape index (κ1) is 15.5. The van der Waals surface area contributed by atoms with Crippen LogP contribution >= 0.6 is 0 Å². The minimum absolute atomic E-state index is 0.104. The van der Waals surface area contributed by atoms with Crippen LogP contribution in [0.1, 0.15) is 60.8 Å². The summed E-state index contributed by atoms with van der Waals surface area (Å²) in [5, 5.41) is 2.19. The van der Waals surface area contributed by atoms with Gasteiger partial charge >= 0.3 is 0 Å². The summed E-state index contributed by atoms with van der Waals surface area (Å²) < 4.78 is 0. The van der Waals surface area contributed by atoms with Crippen LogP contribution in [0.3, 0.4) is 0 Å². The van der Waals surface area contributed by atoms with Gasteiger partial charge in [-0.05, 0) is 66.4 Å². The second-order valence-corrected chi connectivity index (χ2v) is 6.93. The molecule has 0 amide bonds. The molecule has 0 saturated carbocycles. The highest BCUT2D eigenvalue weighted by molar-refractivity contribution is 5.18. The summed E-state index contributed by atoms with van der Waals surface area (Å²) in [5.74, 6) is 0. The Bertz CT molecular complexity index is 319. The van der Waals surface area contributed by atoms with E-state index < -0.39 is 0 Å². The smallest absolute Gasteiger partial charge is 0.0930 e. The van der Waals surface area contributed by atoms with Gasteiger partial charge in [0.25, 0.3) is 0 Å². The van der Waals surface area contributed by atoms with Crippen LogP contribution in [0.5, 0.6) is 0 Å². The topological polar surface area (TPSA) is 12.5 Å². The highest BCUT2D eigenvalue weighted by Crippen LogP contribution is 2.38. The minimum Gasteiger partial charge on any atom is -0.293 e. The van der Waals surface area contributed by atoms with Crippen LogP contribution in [0, 0.1) is 0 Å². The maximum Gasteiger partial charge on any atom is 0.0930 e. The molecular weight excluding hydrogens is 222 g/mol. The first-order valence-corrected chi connectivity index (χ1v) is 6.91. The Morgan fingerprint density at radius 2 is 1.67 bits per heavy atom. The Hall–Kier alpha value is -0.600. The van der Waals surface area contributed by atoms with Crippen LogP contribution in [-0.2, 0) is 4.84 Å². The highest BCUT2D eigenvalue weighted by Gasteiger charge is 2.42. The van der Waals surface area contributed by atoms with Crippen molar-refractivity contribution in [1.29, 1.82) is 0 Å². The fourth-order valence-corrected chi connectivity index (χ4v) is 2.92. The normalized spacial score (nSPS) is 22.6. The van der Waals surface area contributed by atoms with Crippen LogP contribution in [-0.4, -0.2) is 22.7 Å². The standard InChI is InChI=1S/C16H29NO/c1-13(2)11-14(3)12-18-17-15(4,5)9-8-10-16(17,6)7/h11H,3,8-10,12H2,1-2,4-7H3. The second kappa shape index (κ2) is 5.58. The summed E-state index contributed by atoms with van der Waals surface area (Å²) in [6.45, 7) is 17.8. The maximum absolute atomic E-state index is 6.07. The molecule has 2 nitrogen and oxygen atoms in total. The Kier molecular flexibility index (Phi) is 4.79. The molecule has 2 heteroatoms. The SMILES string of the molecule is C=C(C=C(C)C)CON1C(C)(C)CCCC1(C)C. The molecule has 0 aromatic carbocycles. The van der Waals surface area contributed by atoms with Crippen LogP contribution < -0.4 is 0 Å². The molecule has 0 spiro atoms. The lowest BCUT2D eigenvalue weighted by atomic mass is 9.82. The minimum atomic E-state index is 0.104. The van der Waals surface area contributed by atoms with Gasteiger partial charge < -0.3 is 0 Å². The summed E-state index contributed by atoms with van der Waals surface area (Å²) in [7, 11) is 0. The number of allylic oxidation sites excluding steroid dienone is 1. The average molecular weight is 251 g/mol. The van der Waals surface area contributed by atoms with Crippen LogP contribution in [0.25, 0.3) is 0 Å². The quantitative estimate of drug-likeness (QED) is 0.683. The van der Waals surface area contributed by atoms with Gasteiger partial charge in [-0.25, -0.2) is 0 Å². The third kappa shape index (κ3) is 3.96. The third-order valence-electron chi connectivity index (χ3n) is 3.55. The van der Waals surface area contributed by atoms with Crippen molar-refractivity contribution in [2.45, 2.75) is 71.9 Å². The molecule has 0 bridgehead atoms. The fourth-order valence-electron chi connectivity index (χ4n) is 2.92. The Morgan fingerprint density at radius 1 is 1.17 bits per heavy atom. The first-order chi connectivity index (χ1) is 8.15. The third-order valence-corrected chi connectivity index (χ3v) is 3.55. The Balaban J connectivity index is 2.68. The van der Waals surface area contributed by atoms with Crippen molar-refractivity contribution in [2.24, 2.45) is 0 Å². The van der Waals surface area contributed by atoms with Crippen molar-refractivity contribution in [1.82, 2.24) is 5.06 Å². The molecule has 18 heavy (non-hydrogen) atoms. The molecule has 0 aromatic rings. The average Bonchev–Trinajstić information content (AvgIpc) is 2.12. The molecule has 0 unspecified atom stereocenters. The molecule has 1 rings (SSSR count). The summed E-state index contributed by atoms with van der Waals surface area (Å²) in [4.78, 5) is 6.07. The number of nitrogens with zero attached hydrogens (tertiary/aromatic N) is 1. The molecule has 0 aliphatic carbocycles. The van der Waals surface area contributed by atoms with Crippen molar-refractivity contribution >= 4 is 0 Å². The Labute approximate surface area is 113 Å². The summed E-state index contributed by atoms with van der Waals surface area (Å²) >= 11 is 0. The number of hydrogen-bond donors (Lipinski definition) is 0. The van der Waals surface area contributed by atoms with E-state index in [0.29, 0.717) is 6.61 Å². The molecule has 1 heterocycles. The lowest BCUT2D eigenvalue weighted by Crippen LogP contribution is -2.58. The molecule has 1 fully saturated rings. The van der Waals surface area contributed by atoms with E-state index in [1.165, 1.54) is 24.8 Å². The van der Waals surface area contributed by atoms with Crippen molar-refractivity contribution in [3.05, 3.63) is 23.8 Å². The molecule has 1 saturated heterocycles. The van der Waals surface area contributed by atoms with Gasteiger partial charge in [-0.15, -0.1) is 0 Å².